The molecular weight excluding hydrogens is 390 g/mol. The summed E-state index contributed by atoms with van der Waals surface area (Å²) >= 11 is 7.74. The van der Waals surface area contributed by atoms with Gasteiger partial charge in [-0.15, -0.1) is 11.3 Å². The average Bonchev–Trinajstić information content (AvgIpc) is 3.18. The van der Waals surface area contributed by atoms with Crippen LogP contribution in [0.1, 0.15) is 37.3 Å². The van der Waals surface area contributed by atoms with Crippen LogP contribution in [-0.2, 0) is 11.3 Å². The Hall–Kier alpha value is -2.21. The van der Waals surface area contributed by atoms with Crippen molar-refractivity contribution in [3.63, 3.8) is 0 Å². The van der Waals surface area contributed by atoms with Gasteiger partial charge in [0, 0.05) is 28.1 Å². The van der Waals surface area contributed by atoms with Crippen molar-refractivity contribution < 1.29 is 4.74 Å². The highest BCUT2D eigenvalue weighted by atomic mass is 35.5. The fourth-order valence-electron chi connectivity index (χ4n) is 2.70. The van der Waals surface area contributed by atoms with Crippen LogP contribution in [-0.4, -0.2) is 17.8 Å². The van der Waals surface area contributed by atoms with Gasteiger partial charge in [0.15, 0.2) is 0 Å². The SMILES string of the molecule is CCCCCOCc1ccccc1/C=N/Nc1nc(-c2ccccc2Cl)cs1. The van der Waals surface area contributed by atoms with Crippen LogP contribution in [0.4, 0.5) is 5.13 Å². The van der Waals surface area contributed by atoms with Gasteiger partial charge < -0.3 is 4.74 Å². The van der Waals surface area contributed by atoms with Crippen molar-refractivity contribution >= 4 is 34.3 Å². The van der Waals surface area contributed by atoms with Crippen LogP contribution in [0, 0.1) is 0 Å². The number of nitrogens with one attached hydrogen (secondary N) is 1. The topological polar surface area (TPSA) is 46.5 Å². The van der Waals surface area contributed by atoms with Crippen LogP contribution in [0.25, 0.3) is 11.3 Å². The molecule has 0 fully saturated rings. The third-order valence-electron chi connectivity index (χ3n) is 4.22. The van der Waals surface area contributed by atoms with Gasteiger partial charge in [-0.25, -0.2) is 4.98 Å². The van der Waals surface area contributed by atoms with E-state index in [0.717, 1.165) is 40.5 Å². The molecule has 1 heterocycles. The maximum atomic E-state index is 6.24. The van der Waals surface area contributed by atoms with Crippen molar-refractivity contribution in [2.75, 3.05) is 12.0 Å². The van der Waals surface area contributed by atoms with Gasteiger partial charge in [-0.1, -0.05) is 73.8 Å². The molecule has 0 saturated carbocycles. The molecule has 1 aromatic heterocycles. The molecule has 3 aromatic rings. The molecule has 3 rings (SSSR count). The molecule has 0 bridgehead atoms. The van der Waals surface area contributed by atoms with Crippen LogP contribution in [0.2, 0.25) is 5.02 Å². The zero-order chi connectivity index (χ0) is 19.6. The number of unbranched alkanes of at least 4 members (excludes halogenated alkanes) is 2. The van der Waals surface area contributed by atoms with E-state index in [-0.39, 0.29) is 0 Å². The van der Waals surface area contributed by atoms with Crippen LogP contribution in [0.3, 0.4) is 0 Å². The van der Waals surface area contributed by atoms with E-state index in [9.17, 15) is 0 Å². The molecule has 0 spiro atoms. The summed E-state index contributed by atoms with van der Waals surface area (Å²) in [6.45, 7) is 3.58. The van der Waals surface area contributed by atoms with Gasteiger partial charge in [0.2, 0.25) is 5.13 Å². The average molecular weight is 414 g/mol. The molecule has 0 unspecified atom stereocenters. The summed E-state index contributed by atoms with van der Waals surface area (Å²) in [5.41, 5.74) is 6.93. The summed E-state index contributed by atoms with van der Waals surface area (Å²) in [6.07, 6.45) is 5.32. The first-order valence-corrected chi connectivity index (χ1v) is 10.7. The van der Waals surface area contributed by atoms with Gasteiger partial charge in [0.25, 0.3) is 0 Å². The summed E-state index contributed by atoms with van der Waals surface area (Å²) < 4.78 is 5.79. The van der Waals surface area contributed by atoms with Crippen LogP contribution < -0.4 is 5.43 Å². The Labute approximate surface area is 175 Å². The minimum Gasteiger partial charge on any atom is -0.377 e. The van der Waals surface area contributed by atoms with Gasteiger partial charge in [0.05, 0.1) is 18.5 Å². The monoisotopic (exact) mass is 413 g/mol. The molecule has 0 amide bonds. The van der Waals surface area contributed by atoms with Crippen molar-refractivity contribution in [1.29, 1.82) is 0 Å². The number of hydrazone groups is 1. The van der Waals surface area contributed by atoms with Gasteiger partial charge in [0.1, 0.15) is 0 Å². The van der Waals surface area contributed by atoms with Gasteiger partial charge in [-0.2, -0.15) is 5.10 Å². The molecule has 4 nitrogen and oxygen atoms in total. The zero-order valence-corrected chi connectivity index (χ0v) is 17.5. The molecule has 146 valence electrons. The third kappa shape index (κ3) is 5.89. The zero-order valence-electron chi connectivity index (χ0n) is 15.9. The van der Waals surface area contributed by atoms with Crippen molar-refractivity contribution in [1.82, 2.24) is 4.98 Å². The number of anilines is 1. The quantitative estimate of drug-likeness (QED) is 0.231. The first-order valence-electron chi connectivity index (χ1n) is 9.43. The number of nitrogens with zero attached hydrogens (tertiary/aromatic N) is 2. The number of halogens is 1. The molecule has 6 heteroatoms. The second kappa shape index (κ2) is 11.0. The van der Waals surface area contributed by atoms with Gasteiger partial charge in [-0.05, 0) is 18.1 Å². The molecule has 1 N–H and O–H groups in total. The van der Waals surface area contributed by atoms with E-state index in [1.165, 1.54) is 24.2 Å². The Morgan fingerprint density at radius 3 is 2.82 bits per heavy atom. The predicted octanol–water partition coefficient (Wildman–Crippen LogP) is 6.62. The predicted molar refractivity (Wildman–Crippen MR) is 119 cm³/mol. The van der Waals surface area contributed by atoms with Crippen LogP contribution >= 0.6 is 22.9 Å². The molecule has 0 saturated heterocycles. The number of ether oxygens (including phenoxy) is 1. The number of thiazole rings is 1. The summed E-state index contributed by atoms with van der Waals surface area (Å²) in [6, 6.07) is 15.8. The lowest BCUT2D eigenvalue weighted by Crippen LogP contribution is -2.00. The molecule has 0 atom stereocenters. The lowest BCUT2D eigenvalue weighted by atomic mass is 10.1. The van der Waals surface area contributed by atoms with E-state index in [2.05, 4.69) is 28.5 Å². The number of hydrogen-bond donors (Lipinski definition) is 1. The van der Waals surface area contributed by atoms with Crippen LogP contribution in [0.15, 0.2) is 59.0 Å². The fourth-order valence-corrected chi connectivity index (χ4v) is 3.59. The van der Waals surface area contributed by atoms with Gasteiger partial charge >= 0.3 is 0 Å². The lowest BCUT2D eigenvalue weighted by molar-refractivity contribution is 0.117. The minimum atomic E-state index is 0.597. The Morgan fingerprint density at radius 2 is 1.96 bits per heavy atom. The first kappa shape index (κ1) is 20.5. The maximum absolute atomic E-state index is 6.24. The normalized spacial score (nSPS) is 11.2. The highest BCUT2D eigenvalue weighted by molar-refractivity contribution is 7.14. The largest absolute Gasteiger partial charge is 0.377 e. The van der Waals surface area contributed by atoms with E-state index in [0.29, 0.717) is 11.6 Å². The molecule has 0 aliphatic heterocycles. The van der Waals surface area contributed by atoms with E-state index in [1.807, 2.05) is 47.8 Å². The van der Waals surface area contributed by atoms with Crippen molar-refractivity contribution in [3.8, 4) is 11.3 Å². The van der Waals surface area contributed by atoms with E-state index in [1.54, 1.807) is 6.21 Å². The first-order chi connectivity index (χ1) is 13.8. The number of benzene rings is 2. The molecular formula is C22H24ClN3OS. The van der Waals surface area contributed by atoms with E-state index >= 15 is 0 Å². The number of rotatable bonds is 10. The fraction of sp³-hybridized carbons (Fsp3) is 0.273. The lowest BCUT2D eigenvalue weighted by Gasteiger charge is -2.07. The standard InChI is InChI=1S/C22H24ClN3OS/c1-2-3-8-13-27-15-18-10-5-4-9-17(18)14-24-26-22-25-21(16-28-22)19-11-6-7-12-20(19)23/h4-7,9-12,14,16H,2-3,8,13,15H2,1H3,(H,25,26)/b24-14+. The van der Waals surface area contributed by atoms with Crippen molar-refractivity contribution in [3.05, 3.63) is 70.1 Å². The summed E-state index contributed by atoms with van der Waals surface area (Å²) in [5, 5.41) is 7.73. The minimum absolute atomic E-state index is 0.597. The molecule has 0 aliphatic carbocycles. The van der Waals surface area contributed by atoms with Crippen molar-refractivity contribution in [2.24, 2.45) is 5.10 Å². The van der Waals surface area contributed by atoms with E-state index in [4.69, 9.17) is 16.3 Å². The summed E-state index contributed by atoms with van der Waals surface area (Å²) in [5.74, 6) is 0. The highest BCUT2D eigenvalue weighted by Gasteiger charge is 2.07. The highest BCUT2D eigenvalue weighted by Crippen LogP contribution is 2.30. The molecule has 2 aromatic carbocycles. The Kier molecular flexibility index (Phi) is 8.03. The summed E-state index contributed by atoms with van der Waals surface area (Å²) in [7, 11) is 0. The van der Waals surface area contributed by atoms with E-state index < -0.39 is 0 Å². The number of hydrogen-bond acceptors (Lipinski definition) is 5. The maximum Gasteiger partial charge on any atom is 0.203 e. The van der Waals surface area contributed by atoms with Crippen molar-refractivity contribution in [2.45, 2.75) is 32.8 Å². The Bertz CT molecular complexity index is 910. The second-order valence-electron chi connectivity index (χ2n) is 6.35. The number of aromatic nitrogens is 1. The molecule has 0 aliphatic rings. The smallest absolute Gasteiger partial charge is 0.203 e. The summed E-state index contributed by atoms with van der Waals surface area (Å²) in [4.78, 5) is 4.56. The van der Waals surface area contributed by atoms with Gasteiger partial charge in [-0.3, -0.25) is 5.43 Å². The molecule has 28 heavy (non-hydrogen) atoms. The van der Waals surface area contributed by atoms with Crippen LogP contribution in [0.5, 0.6) is 0 Å². The second-order valence-corrected chi connectivity index (χ2v) is 7.61. The Morgan fingerprint density at radius 1 is 1.14 bits per heavy atom. The molecule has 0 radical (unpaired) electrons. The Balaban J connectivity index is 1.59. The third-order valence-corrected chi connectivity index (χ3v) is 5.30.